The van der Waals surface area contributed by atoms with Gasteiger partial charge in [-0.3, -0.25) is 14.3 Å². The number of rotatable bonds is 4. The fourth-order valence-electron chi connectivity index (χ4n) is 4.61. The van der Waals surface area contributed by atoms with Gasteiger partial charge in [-0.1, -0.05) is 24.4 Å². The molecule has 2 amide bonds. The molecule has 0 aromatic carbocycles. The molecule has 2 aliphatic rings. The number of hydrogen-bond donors (Lipinski definition) is 2. The minimum absolute atomic E-state index is 0.0506. The van der Waals surface area contributed by atoms with Crippen molar-refractivity contribution in [3.8, 4) is 11.1 Å². The van der Waals surface area contributed by atoms with Crippen LogP contribution in [-0.4, -0.2) is 32.6 Å². The van der Waals surface area contributed by atoms with E-state index >= 15 is 0 Å². The second-order valence-electron chi connectivity index (χ2n) is 8.34. The molecule has 0 saturated heterocycles. The Morgan fingerprint density at radius 3 is 2.83 bits per heavy atom. The average molecular weight is 430 g/mol. The van der Waals surface area contributed by atoms with Crippen LogP contribution in [0.4, 0.5) is 5.82 Å². The lowest BCUT2D eigenvalue weighted by Crippen LogP contribution is -2.40. The first-order chi connectivity index (χ1) is 14.5. The van der Waals surface area contributed by atoms with Crippen molar-refractivity contribution in [3.05, 3.63) is 29.2 Å². The third-order valence-corrected chi connectivity index (χ3v) is 6.38. The lowest BCUT2D eigenvalue weighted by molar-refractivity contribution is -0.123. The number of aromatic nitrogens is 3. The van der Waals surface area contributed by atoms with E-state index in [0.717, 1.165) is 56.2 Å². The smallest absolute Gasteiger partial charge is 0.228 e. The predicted octanol–water partition coefficient (Wildman–Crippen LogP) is 3.96. The number of halogens is 1. The molecule has 0 radical (unpaired) electrons. The Labute approximate surface area is 181 Å². The Bertz CT molecular complexity index is 942. The van der Waals surface area contributed by atoms with Crippen molar-refractivity contribution in [2.24, 2.45) is 5.92 Å². The molecule has 4 rings (SSSR count). The summed E-state index contributed by atoms with van der Waals surface area (Å²) in [7, 11) is 0. The van der Waals surface area contributed by atoms with Crippen molar-refractivity contribution in [2.75, 3.05) is 5.32 Å². The van der Waals surface area contributed by atoms with Gasteiger partial charge in [0.1, 0.15) is 5.82 Å². The van der Waals surface area contributed by atoms with Gasteiger partial charge in [0.05, 0.1) is 11.2 Å². The third-order valence-electron chi connectivity index (χ3n) is 6.08. The van der Waals surface area contributed by atoms with Gasteiger partial charge in [-0.2, -0.15) is 5.10 Å². The summed E-state index contributed by atoms with van der Waals surface area (Å²) in [6, 6.07) is 1.90. The highest BCUT2D eigenvalue weighted by molar-refractivity contribution is 6.33. The Morgan fingerprint density at radius 1 is 1.13 bits per heavy atom. The van der Waals surface area contributed by atoms with Crippen molar-refractivity contribution in [1.29, 1.82) is 0 Å². The van der Waals surface area contributed by atoms with Crippen molar-refractivity contribution in [2.45, 2.75) is 70.9 Å². The van der Waals surface area contributed by atoms with Crippen LogP contribution in [0.15, 0.2) is 18.5 Å². The summed E-state index contributed by atoms with van der Waals surface area (Å²) in [6.45, 7) is 2.44. The van der Waals surface area contributed by atoms with Crippen LogP contribution in [0.3, 0.4) is 0 Å². The predicted molar refractivity (Wildman–Crippen MR) is 116 cm³/mol. The minimum Gasteiger partial charge on any atom is -0.354 e. The Hall–Kier alpha value is -2.41. The molecule has 1 aliphatic heterocycles. The fraction of sp³-hybridized carbons (Fsp3) is 0.545. The van der Waals surface area contributed by atoms with E-state index in [2.05, 4.69) is 25.4 Å². The summed E-state index contributed by atoms with van der Waals surface area (Å²) in [5, 5.41) is 11.0. The highest BCUT2D eigenvalue weighted by Crippen LogP contribution is 2.34. The number of fused-ring (bicyclic) bond motifs is 1. The summed E-state index contributed by atoms with van der Waals surface area (Å²) < 4.78 is 2.07. The molecule has 1 unspecified atom stereocenters. The summed E-state index contributed by atoms with van der Waals surface area (Å²) in [5.41, 5.74) is 3.07. The quantitative estimate of drug-likeness (QED) is 0.769. The first-order valence-electron chi connectivity index (χ1n) is 10.8. The van der Waals surface area contributed by atoms with Crippen LogP contribution in [0, 0.1) is 5.92 Å². The van der Waals surface area contributed by atoms with Gasteiger partial charge in [0.25, 0.3) is 0 Å². The van der Waals surface area contributed by atoms with Gasteiger partial charge in [0.2, 0.25) is 11.8 Å². The summed E-state index contributed by atoms with van der Waals surface area (Å²) in [5.74, 6) is 0.253. The van der Waals surface area contributed by atoms with Gasteiger partial charge in [0, 0.05) is 48.4 Å². The van der Waals surface area contributed by atoms with Gasteiger partial charge in [-0.25, -0.2) is 4.98 Å². The standard InChI is InChI=1S/C22H28ClN5O2/c1-14(29)26-16-7-5-6-15(10-16)22(30)27-21-11-17(19(23)13-24-21)18-12-25-28-9-4-2-3-8-20(18)28/h11-13,15-16H,2-10H2,1H3,(H,26,29)(H,24,27,30)/t15-,16?/m1/s1. The maximum Gasteiger partial charge on any atom is 0.228 e. The van der Waals surface area contributed by atoms with Crippen LogP contribution in [0.25, 0.3) is 11.1 Å². The van der Waals surface area contributed by atoms with E-state index in [4.69, 9.17) is 11.6 Å². The molecular formula is C22H28ClN5O2. The van der Waals surface area contributed by atoms with Crippen molar-refractivity contribution in [3.63, 3.8) is 0 Å². The topological polar surface area (TPSA) is 88.9 Å². The molecule has 2 aromatic heterocycles. The van der Waals surface area contributed by atoms with E-state index in [0.29, 0.717) is 17.3 Å². The third kappa shape index (κ3) is 4.67. The fourth-order valence-corrected chi connectivity index (χ4v) is 4.82. The van der Waals surface area contributed by atoms with Crippen LogP contribution in [0.2, 0.25) is 5.02 Å². The number of aryl methyl sites for hydroxylation is 1. The normalized spacial score (nSPS) is 21.4. The molecule has 2 atom stereocenters. The number of nitrogens with one attached hydrogen (secondary N) is 2. The first kappa shape index (κ1) is 20.8. The number of carbonyl (C=O) groups is 2. The van der Waals surface area contributed by atoms with Crippen LogP contribution >= 0.6 is 11.6 Å². The summed E-state index contributed by atoms with van der Waals surface area (Å²) >= 11 is 6.47. The Kier molecular flexibility index (Phi) is 6.37. The highest BCUT2D eigenvalue weighted by Gasteiger charge is 2.28. The molecule has 1 fully saturated rings. The number of amides is 2. The Morgan fingerprint density at radius 2 is 2.00 bits per heavy atom. The molecule has 2 aromatic rings. The van der Waals surface area contributed by atoms with E-state index in [-0.39, 0.29) is 23.8 Å². The van der Waals surface area contributed by atoms with Crippen LogP contribution in [0.1, 0.15) is 57.6 Å². The molecule has 0 bridgehead atoms. The monoisotopic (exact) mass is 429 g/mol. The van der Waals surface area contributed by atoms with E-state index in [9.17, 15) is 9.59 Å². The Balaban J connectivity index is 1.51. The van der Waals surface area contributed by atoms with E-state index in [1.807, 2.05) is 12.3 Å². The first-order valence-corrected chi connectivity index (χ1v) is 11.2. The van der Waals surface area contributed by atoms with E-state index < -0.39 is 0 Å². The summed E-state index contributed by atoms with van der Waals surface area (Å²) in [6.07, 6.45) is 11.2. The maximum atomic E-state index is 12.8. The second kappa shape index (κ2) is 9.16. The summed E-state index contributed by atoms with van der Waals surface area (Å²) in [4.78, 5) is 28.5. The maximum absolute atomic E-state index is 12.8. The molecule has 2 N–H and O–H groups in total. The van der Waals surface area contributed by atoms with Crippen molar-refractivity contribution >= 4 is 29.2 Å². The van der Waals surface area contributed by atoms with Gasteiger partial charge < -0.3 is 10.6 Å². The van der Waals surface area contributed by atoms with Crippen molar-refractivity contribution < 1.29 is 9.59 Å². The minimum atomic E-state index is -0.135. The van der Waals surface area contributed by atoms with Gasteiger partial charge in [-0.05, 0) is 44.6 Å². The molecular weight excluding hydrogens is 402 g/mol. The van der Waals surface area contributed by atoms with Crippen LogP contribution < -0.4 is 10.6 Å². The number of carbonyl (C=O) groups excluding carboxylic acids is 2. The van der Waals surface area contributed by atoms with Crippen molar-refractivity contribution in [1.82, 2.24) is 20.1 Å². The SMILES string of the molecule is CC(=O)NC1CCC[C@@H](C(=O)Nc2cc(-c3cnn4c3CCCCC4)c(Cl)cn2)C1. The van der Waals surface area contributed by atoms with Gasteiger partial charge >= 0.3 is 0 Å². The van der Waals surface area contributed by atoms with Gasteiger partial charge in [0.15, 0.2) is 0 Å². The lowest BCUT2D eigenvalue weighted by Gasteiger charge is -2.28. The second-order valence-corrected chi connectivity index (χ2v) is 8.75. The molecule has 1 saturated carbocycles. The van der Waals surface area contributed by atoms with Crippen LogP contribution in [-0.2, 0) is 22.6 Å². The number of anilines is 1. The molecule has 8 heteroatoms. The molecule has 3 heterocycles. The molecule has 160 valence electrons. The zero-order valence-electron chi connectivity index (χ0n) is 17.3. The molecule has 1 aliphatic carbocycles. The van der Waals surface area contributed by atoms with Gasteiger partial charge in [-0.15, -0.1) is 0 Å². The molecule has 7 nitrogen and oxygen atoms in total. The number of nitrogens with zero attached hydrogens (tertiary/aromatic N) is 3. The highest BCUT2D eigenvalue weighted by atomic mass is 35.5. The lowest BCUT2D eigenvalue weighted by atomic mass is 9.85. The molecule has 0 spiro atoms. The zero-order valence-corrected chi connectivity index (χ0v) is 18.0. The number of pyridine rings is 1. The zero-order chi connectivity index (χ0) is 21.1. The van der Waals surface area contributed by atoms with E-state index in [1.165, 1.54) is 19.0 Å². The largest absolute Gasteiger partial charge is 0.354 e. The average Bonchev–Trinajstić information content (AvgIpc) is 2.96. The van der Waals surface area contributed by atoms with Crippen LogP contribution in [0.5, 0.6) is 0 Å². The van der Waals surface area contributed by atoms with E-state index in [1.54, 1.807) is 6.20 Å². The molecule has 30 heavy (non-hydrogen) atoms. The number of hydrogen-bond acceptors (Lipinski definition) is 4.